The van der Waals surface area contributed by atoms with Gasteiger partial charge in [-0.2, -0.15) is 0 Å². The predicted molar refractivity (Wildman–Crippen MR) is 62.2 cm³/mol. The normalized spacial score (nSPS) is 11.6. The van der Waals surface area contributed by atoms with Gasteiger partial charge in [0.1, 0.15) is 6.10 Å². The van der Waals surface area contributed by atoms with Gasteiger partial charge in [-0.3, -0.25) is 9.59 Å². The van der Waals surface area contributed by atoms with Crippen LogP contribution in [0, 0.1) is 0 Å². The Labute approximate surface area is 101 Å². The van der Waals surface area contributed by atoms with Gasteiger partial charge < -0.3 is 9.47 Å². The number of carbonyl (C=O) groups is 2. The number of rotatable bonds is 5. The van der Waals surface area contributed by atoms with Crippen LogP contribution in [0.15, 0.2) is 30.3 Å². The Kier molecular flexibility index (Phi) is 5.20. The van der Waals surface area contributed by atoms with Crippen LogP contribution in [-0.4, -0.2) is 18.5 Å². The highest BCUT2D eigenvalue weighted by molar-refractivity contribution is 5.66. The van der Waals surface area contributed by atoms with Crippen LogP contribution < -0.4 is 0 Å². The quantitative estimate of drug-likeness (QED) is 0.736. The molecule has 0 fully saturated rings. The Balaban J connectivity index is 2.61. The van der Waals surface area contributed by atoms with Crippen LogP contribution in [0.2, 0.25) is 0 Å². The number of ether oxygens (including phenoxy) is 2. The predicted octanol–water partition coefficient (Wildman–Crippen LogP) is 2.24. The molecule has 1 aromatic rings. The topological polar surface area (TPSA) is 52.6 Å². The number of hydrogen-bond donors (Lipinski definition) is 0. The van der Waals surface area contributed by atoms with Crippen molar-refractivity contribution < 1.29 is 19.1 Å². The number of hydrogen-bond acceptors (Lipinski definition) is 4. The zero-order chi connectivity index (χ0) is 12.7. The standard InChI is InChI=1S/C13H16O4/c1-10(14)16-9-8-13(17-11(2)15)12-6-4-3-5-7-12/h3-7,13H,8-9H2,1-2H3/t13-/m1/s1. The van der Waals surface area contributed by atoms with E-state index >= 15 is 0 Å². The number of benzene rings is 1. The van der Waals surface area contributed by atoms with Crippen molar-refractivity contribution in [1.29, 1.82) is 0 Å². The molecule has 0 aromatic heterocycles. The van der Waals surface area contributed by atoms with E-state index in [4.69, 9.17) is 9.47 Å². The third kappa shape index (κ3) is 5.15. The zero-order valence-electron chi connectivity index (χ0n) is 10.0. The molecule has 1 aromatic carbocycles. The molecule has 1 atom stereocenters. The first-order chi connectivity index (χ1) is 8.09. The number of esters is 2. The van der Waals surface area contributed by atoms with Gasteiger partial charge in [-0.25, -0.2) is 0 Å². The molecular weight excluding hydrogens is 220 g/mol. The molecule has 0 N–H and O–H groups in total. The van der Waals surface area contributed by atoms with Crippen molar-refractivity contribution >= 4 is 11.9 Å². The van der Waals surface area contributed by atoms with E-state index in [0.717, 1.165) is 5.56 Å². The van der Waals surface area contributed by atoms with Gasteiger partial charge in [0, 0.05) is 20.3 Å². The van der Waals surface area contributed by atoms with Crippen molar-refractivity contribution in [3.8, 4) is 0 Å². The van der Waals surface area contributed by atoms with E-state index in [1.807, 2.05) is 30.3 Å². The summed E-state index contributed by atoms with van der Waals surface area (Å²) < 4.78 is 10.0. The fraction of sp³-hybridized carbons (Fsp3) is 0.385. The van der Waals surface area contributed by atoms with Crippen LogP contribution in [0.3, 0.4) is 0 Å². The molecule has 0 radical (unpaired) electrons. The largest absolute Gasteiger partial charge is 0.466 e. The minimum absolute atomic E-state index is 0.238. The smallest absolute Gasteiger partial charge is 0.303 e. The van der Waals surface area contributed by atoms with Crippen molar-refractivity contribution in [1.82, 2.24) is 0 Å². The molecule has 0 amide bonds. The molecule has 0 aliphatic rings. The van der Waals surface area contributed by atoms with Gasteiger partial charge in [0.25, 0.3) is 0 Å². The lowest BCUT2D eigenvalue weighted by atomic mass is 10.1. The van der Waals surface area contributed by atoms with Crippen molar-refractivity contribution in [2.45, 2.75) is 26.4 Å². The Morgan fingerprint density at radius 2 is 1.76 bits per heavy atom. The molecule has 0 aliphatic heterocycles. The Bertz CT molecular complexity index is 372. The average molecular weight is 236 g/mol. The van der Waals surface area contributed by atoms with Gasteiger partial charge in [0.05, 0.1) is 6.61 Å². The minimum Gasteiger partial charge on any atom is -0.466 e. The van der Waals surface area contributed by atoms with Crippen molar-refractivity contribution in [2.75, 3.05) is 6.61 Å². The molecule has 92 valence electrons. The first kappa shape index (κ1) is 13.2. The molecule has 4 heteroatoms. The maximum Gasteiger partial charge on any atom is 0.303 e. The summed E-state index contributed by atoms with van der Waals surface area (Å²) in [4.78, 5) is 21.6. The summed E-state index contributed by atoms with van der Waals surface area (Å²) in [5, 5.41) is 0. The lowest BCUT2D eigenvalue weighted by Crippen LogP contribution is -2.12. The summed E-state index contributed by atoms with van der Waals surface area (Å²) in [6.45, 7) is 2.95. The summed E-state index contributed by atoms with van der Waals surface area (Å²) >= 11 is 0. The van der Waals surface area contributed by atoms with Crippen molar-refractivity contribution in [3.05, 3.63) is 35.9 Å². The summed E-state index contributed by atoms with van der Waals surface area (Å²) in [5.41, 5.74) is 0.898. The third-order valence-corrected chi connectivity index (χ3v) is 2.16. The van der Waals surface area contributed by atoms with Gasteiger partial charge in [-0.05, 0) is 5.56 Å². The van der Waals surface area contributed by atoms with E-state index < -0.39 is 0 Å². The maximum absolute atomic E-state index is 11.0. The first-order valence-corrected chi connectivity index (χ1v) is 5.45. The van der Waals surface area contributed by atoms with E-state index in [-0.39, 0.29) is 24.6 Å². The fourth-order valence-corrected chi connectivity index (χ4v) is 1.47. The second-order valence-corrected chi connectivity index (χ2v) is 3.64. The summed E-state index contributed by atoms with van der Waals surface area (Å²) in [7, 11) is 0. The van der Waals surface area contributed by atoms with Crippen molar-refractivity contribution in [2.24, 2.45) is 0 Å². The highest BCUT2D eigenvalue weighted by atomic mass is 16.6. The summed E-state index contributed by atoms with van der Waals surface area (Å²) in [5.74, 6) is -0.679. The fourth-order valence-electron chi connectivity index (χ4n) is 1.47. The SMILES string of the molecule is CC(=O)OCC[C@@H](OC(C)=O)c1ccccc1. The molecule has 0 heterocycles. The van der Waals surface area contributed by atoms with E-state index in [1.54, 1.807) is 0 Å². The van der Waals surface area contributed by atoms with Crippen LogP contribution in [0.1, 0.15) is 31.9 Å². The zero-order valence-corrected chi connectivity index (χ0v) is 10.0. The Hall–Kier alpha value is -1.84. The van der Waals surface area contributed by atoms with Crippen LogP contribution in [0.4, 0.5) is 0 Å². The minimum atomic E-state index is -0.368. The van der Waals surface area contributed by atoms with Gasteiger partial charge >= 0.3 is 11.9 Å². The molecule has 0 unspecified atom stereocenters. The molecule has 0 aliphatic carbocycles. The highest BCUT2D eigenvalue weighted by Gasteiger charge is 2.14. The molecule has 1 rings (SSSR count). The first-order valence-electron chi connectivity index (χ1n) is 5.45. The van der Waals surface area contributed by atoms with Gasteiger partial charge in [0.15, 0.2) is 0 Å². The molecule has 0 bridgehead atoms. The van der Waals surface area contributed by atoms with Gasteiger partial charge in [-0.15, -0.1) is 0 Å². The molecular formula is C13H16O4. The lowest BCUT2D eigenvalue weighted by molar-refractivity contribution is -0.149. The van der Waals surface area contributed by atoms with Crippen LogP contribution >= 0.6 is 0 Å². The average Bonchev–Trinajstić information content (AvgIpc) is 2.28. The number of carbonyl (C=O) groups excluding carboxylic acids is 2. The van der Waals surface area contributed by atoms with Gasteiger partial charge in [0.2, 0.25) is 0 Å². The van der Waals surface area contributed by atoms with Crippen molar-refractivity contribution in [3.63, 3.8) is 0 Å². The van der Waals surface area contributed by atoms with Crippen LogP contribution in [-0.2, 0) is 19.1 Å². The Morgan fingerprint density at radius 3 is 2.29 bits per heavy atom. The lowest BCUT2D eigenvalue weighted by Gasteiger charge is -2.17. The van der Waals surface area contributed by atoms with Crippen LogP contribution in [0.25, 0.3) is 0 Å². The summed E-state index contributed by atoms with van der Waals surface area (Å²) in [6.07, 6.45) is 0.0939. The van der Waals surface area contributed by atoms with Crippen LogP contribution in [0.5, 0.6) is 0 Å². The third-order valence-electron chi connectivity index (χ3n) is 2.16. The molecule has 0 saturated heterocycles. The van der Waals surface area contributed by atoms with E-state index in [2.05, 4.69) is 0 Å². The second-order valence-electron chi connectivity index (χ2n) is 3.64. The second kappa shape index (κ2) is 6.68. The monoisotopic (exact) mass is 236 g/mol. The molecule has 0 spiro atoms. The molecule has 17 heavy (non-hydrogen) atoms. The van der Waals surface area contributed by atoms with E-state index in [1.165, 1.54) is 13.8 Å². The molecule has 4 nitrogen and oxygen atoms in total. The van der Waals surface area contributed by atoms with E-state index in [9.17, 15) is 9.59 Å². The Morgan fingerprint density at radius 1 is 1.12 bits per heavy atom. The molecule has 0 saturated carbocycles. The summed E-state index contributed by atoms with van der Waals surface area (Å²) in [6, 6.07) is 9.39. The van der Waals surface area contributed by atoms with E-state index in [0.29, 0.717) is 6.42 Å². The maximum atomic E-state index is 11.0. The highest BCUT2D eigenvalue weighted by Crippen LogP contribution is 2.21. The van der Waals surface area contributed by atoms with Gasteiger partial charge in [-0.1, -0.05) is 30.3 Å².